The van der Waals surface area contributed by atoms with Gasteiger partial charge in [-0.3, -0.25) is 14.4 Å². The van der Waals surface area contributed by atoms with Crippen LogP contribution in [0.1, 0.15) is 67.2 Å². The number of carbonyl (C=O) groups excluding carboxylic acids is 4. The summed E-state index contributed by atoms with van der Waals surface area (Å²) in [5, 5.41) is 6.20. The SMILES string of the molecule is C=CC1CC1(NC(=O)[C@@H]1C[C@@H](Oc2cc(-c3ccccc3)nc3cc(OC)ccc23)CN1C(=O)[C@@H](NC(=O)OC(C)(C)C)C(C)(C)C)C(=O)NS(=O)(=O)C1(Br)CC1. The monoisotopic (exact) mass is 867 g/mol. The molecule has 0 spiro atoms. The van der Waals surface area contributed by atoms with E-state index >= 15 is 0 Å². The lowest BCUT2D eigenvalue weighted by atomic mass is 9.85. The molecule has 2 saturated carbocycles. The van der Waals surface area contributed by atoms with Crippen LogP contribution in [0.2, 0.25) is 0 Å². The molecule has 16 heteroatoms. The molecule has 3 N–H and O–H groups in total. The maximum Gasteiger partial charge on any atom is 0.408 e. The van der Waals surface area contributed by atoms with E-state index in [1.165, 1.54) is 11.0 Å². The van der Waals surface area contributed by atoms with Gasteiger partial charge in [0, 0.05) is 35.4 Å². The Balaban J connectivity index is 1.35. The van der Waals surface area contributed by atoms with Crippen molar-refractivity contribution in [1.29, 1.82) is 0 Å². The molecule has 2 aliphatic carbocycles. The summed E-state index contributed by atoms with van der Waals surface area (Å²) in [4.78, 5) is 62.2. The first kappa shape index (κ1) is 41.9. The summed E-state index contributed by atoms with van der Waals surface area (Å²) in [6.07, 6.45) is 0.718. The molecule has 3 aliphatic rings. The summed E-state index contributed by atoms with van der Waals surface area (Å²) in [6, 6.07) is 14.4. The second-order valence-corrected chi connectivity index (χ2v) is 21.0. The van der Waals surface area contributed by atoms with Crippen molar-refractivity contribution in [1.82, 2.24) is 25.2 Å². The molecule has 4 amide bonds. The Morgan fingerprint density at radius 2 is 1.72 bits per heavy atom. The molecule has 0 radical (unpaired) electrons. The molecule has 2 aromatic carbocycles. The van der Waals surface area contributed by atoms with Crippen LogP contribution in [0.4, 0.5) is 4.79 Å². The number of hydrogen-bond donors (Lipinski definition) is 3. The minimum absolute atomic E-state index is 0.000773. The van der Waals surface area contributed by atoms with E-state index in [9.17, 15) is 27.6 Å². The van der Waals surface area contributed by atoms with Crippen molar-refractivity contribution in [3.8, 4) is 22.8 Å². The summed E-state index contributed by atoms with van der Waals surface area (Å²) >= 11 is 3.21. The molecule has 2 unspecified atom stereocenters. The predicted molar refractivity (Wildman–Crippen MR) is 218 cm³/mol. The van der Waals surface area contributed by atoms with E-state index < -0.39 is 78.2 Å². The molecule has 1 aliphatic heterocycles. The second-order valence-electron chi connectivity index (χ2n) is 17.0. The normalized spacial score (nSPS) is 23.2. The van der Waals surface area contributed by atoms with Gasteiger partial charge in [-0.15, -0.1) is 6.58 Å². The van der Waals surface area contributed by atoms with Gasteiger partial charge in [0.1, 0.15) is 44.5 Å². The molecule has 6 rings (SSSR count). The average Bonchev–Trinajstić information content (AvgIpc) is 4.02. The number of nitrogens with one attached hydrogen (secondary N) is 3. The van der Waals surface area contributed by atoms with Gasteiger partial charge in [-0.25, -0.2) is 22.9 Å². The fourth-order valence-corrected chi connectivity index (χ4v) is 8.65. The number of pyridine rings is 1. The van der Waals surface area contributed by atoms with Crippen LogP contribution in [0.3, 0.4) is 0 Å². The maximum absolute atomic E-state index is 14.7. The van der Waals surface area contributed by atoms with Crippen LogP contribution in [-0.2, 0) is 29.1 Å². The molecule has 1 aromatic heterocycles. The number of amides is 4. The third-order valence-electron chi connectivity index (χ3n) is 10.4. The zero-order chi connectivity index (χ0) is 41.7. The number of sulfonamides is 1. The van der Waals surface area contributed by atoms with Gasteiger partial charge < -0.3 is 29.7 Å². The summed E-state index contributed by atoms with van der Waals surface area (Å²) in [7, 11) is -2.54. The smallest absolute Gasteiger partial charge is 0.408 e. The zero-order valence-electron chi connectivity index (χ0n) is 33.2. The molecule has 14 nitrogen and oxygen atoms in total. The second kappa shape index (κ2) is 15.2. The third-order valence-corrected chi connectivity index (χ3v) is 14.3. The molecule has 2 heterocycles. The van der Waals surface area contributed by atoms with E-state index in [2.05, 4.69) is 37.9 Å². The van der Waals surface area contributed by atoms with Crippen molar-refractivity contribution in [2.24, 2.45) is 11.3 Å². The highest BCUT2D eigenvalue weighted by molar-refractivity contribution is 9.11. The predicted octanol–water partition coefficient (Wildman–Crippen LogP) is 5.59. The highest BCUT2D eigenvalue weighted by atomic mass is 79.9. The Morgan fingerprint density at radius 3 is 2.30 bits per heavy atom. The number of alkyl carbamates (subject to hydrolysis) is 1. The van der Waals surface area contributed by atoms with Crippen LogP contribution in [0.5, 0.6) is 11.5 Å². The number of carbonyl (C=O) groups is 4. The van der Waals surface area contributed by atoms with E-state index in [4.69, 9.17) is 19.2 Å². The lowest BCUT2D eigenvalue weighted by Gasteiger charge is -2.36. The summed E-state index contributed by atoms with van der Waals surface area (Å²) in [5.74, 6) is -1.66. The van der Waals surface area contributed by atoms with Crippen LogP contribution < -0.4 is 24.8 Å². The number of halogens is 1. The van der Waals surface area contributed by atoms with Crippen molar-refractivity contribution in [3.05, 3.63) is 67.3 Å². The highest BCUT2D eigenvalue weighted by Crippen LogP contribution is 2.50. The number of aromatic nitrogens is 1. The standard InChI is InChI=1S/C41H50BrN5O9S/c1-9-25-22-41(25,36(50)46-57(52,53)40(42)17-18-40)45-34(48)31-20-27(23-47(31)35(49)33(38(2,3)4)44-37(51)56-39(5,6)7)55-32-21-29(24-13-11-10-12-14-24)43-30-19-26(54-8)15-16-28(30)32/h9-16,19,21,25,27,31,33H,1,17-18,20,22-23H2,2-8H3,(H,44,51)(H,45,48)(H,46,50)/t25?,27-,31+,33-,41?/m1/s1. The van der Waals surface area contributed by atoms with Crippen molar-refractivity contribution in [2.45, 2.75) is 100 Å². The van der Waals surface area contributed by atoms with Crippen LogP contribution >= 0.6 is 15.9 Å². The number of methoxy groups -OCH3 is 1. The first-order valence-electron chi connectivity index (χ1n) is 18.8. The van der Waals surface area contributed by atoms with Gasteiger partial charge in [0.15, 0.2) is 0 Å². The lowest BCUT2D eigenvalue weighted by molar-refractivity contribution is -0.143. The van der Waals surface area contributed by atoms with E-state index in [1.807, 2.05) is 36.4 Å². The number of benzene rings is 2. The van der Waals surface area contributed by atoms with Crippen LogP contribution in [-0.4, -0.2) is 88.8 Å². The average molecular weight is 869 g/mol. The molecular formula is C41H50BrN5O9S. The van der Waals surface area contributed by atoms with Gasteiger partial charge in [-0.05, 0) is 57.6 Å². The van der Waals surface area contributed by atoms with Crippen LogP contribution in [0.25, 0.3) is 22.2 Å². The fourth-order valence-electron chi connectivity index (χ4n) is 6.96. The molecule has 5 atom stereocenters. The van der Waals surface area contributed by atoms with Gasteiger partial charge >= 0.3 is 6.09 Å². The number of alkyl halides is 1. The Morgan fingerprint density at radius 1 is 1.04 bits per heavy atom. The van der Waals surface area contributed by atoms with E-state index in [0.29, 0.717) is 40.9 Å². The number of hydrogen-bond acceptors (Lipinski definition) is 10. The molecule has 57 heavy (non-hydrogen) atoms. The third kappa shape index (κ3) is 8.91. The highest BCUT2D eigenvalue weighted by Gasteiger charge is 2.63. The van der Waals surface area contributed by atoms with Crippen LogP contribution in [0.15, 0.2) is 67.3 Å². The number of likely N-dealkylation sites (tertiary alicyclic amines) is 1. The molecular weight excluding hydrogens is 818 g/mol. The Kier molecular flexibility index (Phi) is 11.2. The van der Waals surface area contributed by atoms with Gasteiger partial charge in [0.05, 0.1) is 24.9 Å². The van der Waals surface area contributed by atoms with E-state index in [-0.39, 0.29) is 19.4 Å². The summed E-state index contributed by atoms with van der Waals surface area (Å²) < 4.78 is 44.7. The lowest BCUT2D eigenvalue weighted by Crippen LogP contribution is -2.60. The fraction of sp³-hybridized carbons (Fsp3) is 0.488. The number of nitrogens with zero attached hydrogens (tertiary/aromatic N) is 2. The summed E-state index contributed by atoms with van der Waals surface area (Å²) in [5.41, 5.74) is -1.22. The maximum atomic E-state index is 14.7. The first-order chi connectivity index (χ1) is 26.6. The van der Waals surface area contributed by atoms with Gasteiger partial charge in [-0.2, -0.15) is 0 Å². The Hall–Kier alpha value is -4.70. The van der Waals surface area contributed by atoms with E-state index in [0.717, 1.165) is 5.56 Å². The minimum Gasteiger partial charge on any atom is -0.497 e. The van der Waals surface area contributed by atoms with Crippen LogP contribution in [0, 0.1) is 11.3 Å². The largest absolute Gasteiger partial charge is 0.497 e. The number of rotatable bonds is 12. The molecule has 1 saturated heterocycles. The molecule has 0 bridgehead atoms. The zero-order valence-corrected chi connectivity index (χ0v) is 35.6. The molecule has 306 valence electrons. The number of ether oxygens (including phenoxy) is 3. The van der Waals surface area contributed by atoms with Crippen molar-refractivity contribution < 1.29 is 41.8 Å². The minimum atomic E-state index is -4.10. The first-order valence-corrected chi connectivity index (χ1v) is 21.1. The Labute approximate surface area is 341 Å². The topological polar surface area (TPSA) is 182 Å². The Bertz CT molecular complexity index is 2200. The molecule has 3 fully saturated rings. The van der Waals surface area contributed by atoms with Gasteiger partial charge in [0.25, 0.3) is 15.9 Å². The van der Waals surface area contributed by atoms with E-state index in [1.54, 1.807) is 66.9 Å². The quantitative estimate of drug-likeness (QED) is 0.153. The van der Waals surface area contributed by atoms with Crippen molar-refractivity contribution in [2.75, 3.05) is 13.7 Å². The van der Waals surface area contributed by atoms with Crippen molar-refractivity contribution >= 4 is 60.7 Å². The number of fused-ring (bicyclic) bond motifs is 1. The van der Waals surface area contributed by atoms with Crippen molar-refractivity contribution in [3.63, 3.8) is 0 Å². The summed E-state index contributed by atoms with van der Waals surface area (Å²) in [6.45, 7) is 14.2. The van der Waals surface area contributed by atoms with Gasteiger partial charge in [0.2, 0.25) is 11.8 Å². The van der Waals surface area contributed by atoms with Gasteiger partial charge in [-0.1, -0.05) is 73.1 Å². The molecule has 3 aromatic rings.